The topological polar surface area (TPSA) is 156 Å². The lowest BCUT2D eigenvalue weighted by molar-refractivity contribution is -0.161. The van der Waals surface area contributed by atoms with Gasteiger partial charge in [0.05, 0.1) is 25.3 Å². The molecule has 3 aliphatic rings. The number of anilines is 1. The van der Waals surface area contributed by atoms with E-state index in [2.05, 4.69) is 17.9 Å². The maximum atomic E-state index is 14.0. The van der Waals surface area contributed by atoms with Crippen LogP contribution in [0.5, 0.6) is 5.75 Å². The van der Waals surface area contributed by atoms with Gasteiger partial charge in [-0.15, -0.1) is 0 Å². The van der Waals surface area contributed by atoms with Crippen molar-refractivity contribution in [2.24, 2.45) is 5.92 Å². The highest BCUT2D eigenvalue weighted by Crippen LogP contribution is 2.49. The van der Waals surface area contributed by atoms with Crippen LogP contribution in [0.3, 0.4) is 0 Å². The third kappa shape index (κ3) is 8.42. The molecule has 13 nitrogen and oxygen atoms in total. The number of methoxy groups -OCH3 is 2. The highest BCUT2D eigenvalue weighted by Gasteiger charge is 2.64. The average Bonchev–Trinajstić information content (AvgIpc) is 3.76. The van der Waals surface area contributed by atoms with Gasteiger partial charge in [0.1, 0.15) is 40.7 Å². The van der Waals surface area contributed by atoms with Gasteiger partial charge in [-0.05, 0) is 50.6 Å². The standard InChI is InChI=1S/C35H48ClN3O10S/c1-19-10-9-11-26(46-8)35(44)18-25(47-33(43)37-35)20(2)31-34(4,49-31)27(48-32(42)21(3)38(5)28(40)12-13-50)17-29(41)39(6)23-15-22(14-19)16-24(45-7)30(23)36/h9-11,15-16,20-21,25-27,31,44,50H,12-14,17-18H2,1-8H3,(H,37,43)/t20-,21-,25+,26-,27?,31?,34-,35+/m1/s1. The molecule has 2 N–H and O–H groups in total. The molecule has 4 rings (SSSR count). The quantitative estimate of drug-likeness (QED) is 0.214. The smallest absolute Gasteiger partial charge is 0.409 e. The van der Waals surface area contributed by atoms with Crippen LogP contribution in [0.2, 0.25) is 5.02 Å². The number of rotatable bonds is 7. The number of halogens is 1. The first-order valence-corrected chi connectivity index (χ1v) is 17.5. The van der Waals surface area contributed by atoms with Crippen molar-refractivity contribution in [2.45, 2.75) is 95.2 Å². The third-order valence-corrected chi connectivity index (χ3v) is 10.5. The summed E-state index contributed by atoms with van der Waals surface area (Å²) in [4.78, 5) is 55.6. The minimum atomic E-state index is -1.82. The lowest BCUT2D eigenvalue weighted by Gasteiger charge is -2.42. The van der Waals surface area contributed by atoms with Gasteiger partial charge in [0.2, 0.25) is 11.8 Å². The molecule has 0 aliphatic carbocycles. The lowest BCUT2D eigenvalue weighted by Crippen LogP contribution is -2.63. The van der Waals surface area contributed by atoms with E-state index in [1.807, 2.05) is 13.0 Å². The highest BCUT2D eigenvalue weighted by atomic mass is 35.5. The van der Waals surface area contributed by atoms with Gasteiger partial charge in [-0.25, -0.2) is 9.59 Å². The second-order valence-electron chi connectivity index (χ2n) is 13.4. The number of fused-ring (bicyclic) bond motifs is 5. The Morgan fingerprint density at radius 1 is 1.28 bits per heavy atom. The number of carbonyl (C=O) groups is 4. The Hall–Kier alpha value is -3.30. The van der Waals surface area contributed by atoms with Gasteiger partial charge in [-0.1, -0.05) is 42.3 Å². The molecule has 0 aromatic heterocycles. The van der Waals surface area contributed by atoms with E-state index in [0.29, 0.717) is 23.6 Å². The molecule has 276 valence electrons. The summed E-state index contributed by atoms with van der Waals surface area (Å²) in [6, 6.07) is 2.60. The fraction of sp³-hybridized carbons (Fsp3) is 0.600. The van der Waals surface area contributed by atoms with Crippen LogP contribution < -0.4 is 15.0 Å². The maximum absolute atomic E-state index is 14.0. The number of nitrogens with zero attached hydrogens (tertiary/aromatic N) is 2. The van der Waals surface area contributed by atoms with Crippen molar-refractivity contribution in [3.8, 4) is 5.75 Å². The first-order chi connectivity index (χ1) is 23.5. The molecule has 50 heavy (non-hydrogen) atoms. The second-order valence-corrected chi connectivity index (χ2v) is 14.2. The van der Waals surface area contributed by atoms with E-state index in [1.54, 1.807) is 45.2 Å². The molecule has 0 radical (unpaired) electrons. The van der Waals surface area contributed by atoms with Gasteiger partial charge < -0.3 is 38.6 Å². The SMILES string of the molecule is COc1cc2cc(c1Cl)N(C)C(=O)CC(OC(=O)[C@@H](C)N(C)C(=O)CCS)[C@@]1(C)OC1[C@H](C)[C@@H]1C[C@@](O)(NC(=O)O1)[C@H](OC)C=CC=C(C)C2. The molecule has 3 aliphatic heterocycles. The van der Waals surface area contributed by atoms with Crippen molar-refractivity contribution in [3.63, 3.8) is 0 Å². The number of carbonyl (C=O) groups excluding carboxylic acids is 4. The van der Waals surface area contributed by atoms with Crippen LogP contribution in [0.1, 0.15) is 52.5 Å². The van der Waals surface area contributed by atoms with Crippen LogP contribution in [0, 0.1) is 5.92 Å². The number of hydrogen-bond acceptors (Lipinski definition) is 11. The van der Waals surface area contributed by atoms with Crippen LogP contribution in [-0.2, 0) is 39.8 Å². The van der Waals surface area contributed by atoms with E-state index in [1.165, 1.54) is 38.0 Å². The second kappa shape index (κ2) is 15.9. The molecule has 0 spiro atoms. The van der Waals surface area contributed by atoms with Crippen LogP contribution in [-0.4, -0.2) is 110 Å². The largest absolute Gasteiger partial charge is 0.495 e. The van der Waals surface area contributed by atoms with Crippen molar-refractivity contribution in [3.05, 3.63) is 46.5 Å². The molecule has 15 heteroatoms. The zero-order chi connectivity index (χ0) is 37.1. The predicted molar refractivity (Wildman–Crippen MR) is 189 cm³/mol. The molecule has 2 unspecified atom stereocenters. The number of thiol groups is 1. The number of amides is 3. The monoisotopic (exact) mass is 737 g/mol. The number of benzene rings is 1. The summed E-state index contributed by atoms with van der Waals surface area (Å²) >= 11 is 10.8. The Morgan fingerprint density at radius 2 is 1.98 bits per heavy atom. The molecule has 0 saturated carbocycles. The molecule has 1 aromatic carbocycles. The number of nitrogens with one attached hydrogen (secondary N) is 1. The molecule has 4 bridgehead atoms. The molecular formula is C35H48ClN3O10S. The summed E-state index contributed by atoms with van der Waals surface area (Å²) in [5.41, 5.74) is -0.903. The van der Waals surface area contributed by atoms with Crippen molar-refractivity contribution in [2.75, 3.05) is 39.0 Å². The Kier molecular flexibility index (Phi) is 12.6. The summed E-state index contributed by atoms with van der Waals surface area (Å²) in [6.07, 6.45) is 1.08. The number of ether oxygens (including phenoxy) is 5. The zero-order valence-corrected chi connectivity index (χ0v) is 31.4. The van der Waals surface area contributed by atoms with E-state index < -0.39 is 65.7 Å². The first-order valence-electron chi connectivity index (χ1n) is 16.4. The summed E-state index contributed by atoms with van der Waals surface area (Å²) in [5, 5.41) is 14.4. The normalized spacial score (nSPS) is 30.7. The van der Waals surface area contributed by atoms with Gasteiger partial charge in [-0.3, -0.25) is 14.9 Å². The molecule has 2 saturated heterocycles. The fourth-order valence-electron chi connectivity index (χ4n) is 6.49. The van der Waals surface area contributed by atoms with E-state index in [9.17, 15) is 24.3 Å². The Bertz CT molecular complexity index is 1540. The van der Waals surface area contributed by atoms with E-state index in [-0.39, 0.29) is 30.2 Å². The van der Waals surface area contributed by atoms with Crippen molar-refractivity contribution >= 4 is 53.8 Å². The number of epoxide rings is 1. The number of esters is 1. The minimum Gasteiger partial charge on any atom is -0.495 e. The number of allylic oxidation sites excluding steroid dienone is 3. The summed E-state index contributed by atoms with van der Waals surface area (Å²) < 4.78 is 29.0. The minimum absolute atomic E-state index is 0.0489. The molecule has 1 aromatic rings. The van der Waals surface area contributed by atoms with Gasteiger partial charge in [0.25, 0.3) is 0 Å². The van der Waals surface area contributed by atoms with E-state index in [4.69, 9.17) is 35.3 Å². The number of aliphatic hydroxyl groups is 1. The van der Waals surface area contributed by atoms with Crippen molar-refractivity contribution in [1.29, 1.82) is 0 Å². The number of likely N-dealkylation sites (N-methyl/N-ethyl adjacent to an activating group) is 1. The third-order valence-electron chi connectivity index (χ3n) is 9.85. The summed E-state index contributed by atoms with van der Waals surface area (Å²) in [7, 11) is 5.98. The summed E-state index contributed by atoms with van der Waals surface area (Å²) in [6.45, 7) is 6.96. The molecule has 2 fully saturated rings. The lowest BCUT2D eigenvalue weighted by atomic mass is 9.83. The Balaban J connectivity index is 1.78. The van der Waals surface area contributed by atoms with Gasteiger partial charge in [0.15, 0.2) is 5.72 Å². The highest BCUT2D eigenvalue weighted by molar-refractivity contribution is 7.80. The summed E-state index contributed by atoms with van der Waals surface area (Å²) in [5.74, 6) is -1.30. The van der Waals surface area contributed by atoms with Gasteiger partial charge in [-0.2, -0.15) is 12.6 Å². The van der Waals surface area contributed by atoms with Gasteiger partial charge in [0, 0.05) is 40.0 Å². The predicted octanol–water partition coefficient (Wildman–Crippen LogP) is 3.83. The van der Waals surface area contributed by atoms with Crippen LogP contribution in [0.4, 0.5) is 10.5 Å². The molecule has 8 atom stereocenters. The molecular weight excluding hydrogens is 690 g/mol. The average molecular weight is 738 g/mol. The molecule has 3 heterocycles. The number of hydrogen-bond donors (Lipinski definition) is 3. The maximum Gasteiger partial charge on any atom is 0.409 e. The number of alkyl carbamates (subject to hydrolysis) is 1. The van der Waals surface area contributed by atoms with Crippen LogP contribution in [0.15, 0.2) is 35.9 Å². The van der Waals surface area contributed by atoms with Crippen LogP contribution >= 0.6 is 24.2 Å². The van der Waals surface area contributed by atoms with Crippen molar-refractivity contribution in [1.82, 2.24) is 10.2 Å². The Labute approximate surface area is 303 Å². The van der Waals surface area contributed by atoms with Crippen molar-refractivity contribution < 1.29 is 48.0 Å². The van der Waals surface area contributed by atoms with E-state index in [0.717, 1.165) is 11.1 Å². The fourth-order valence-corrected chi connectivity index (χ4v) is 6.99. The van der Waals surface area contributed by atoms with E-state index >= 15 is 0 Å². The zero-order valence-electron chi connectivity index (χ0n) is 29.7. The van der Waals surface area contributed by atoms with Gasteiger partial charge >= 0.3 is 12.1 Å². The first kappa shape index (κ1) is 39.5. The molecule has 3 amide bonds. The Morgan fingerprint density at radius 3 is 2.62 bits per heavy atom. The van der Waals surface area contributed by atoms with Crippen LogP contribution in [0.25, 0.3) is 0 Å².